The maximum absolute atomic E-state index is 13.7. The minimum Gasteiger partial charge on any atom is -0.481 e. The van der Waals surface area contributed by atoms with E-state index in [4.69, 9.17) is 5.11 Å². The monoisotopic (exact) mass is 264 g/mol. The number of carboxylic acid groups (broad SMARTS) is 1. The van der Waals surface area contributed by atoms with Crippen molar-refractivity contribution in [1.29, 1.82) is 5.26 Å². The van der Waals surface area contributed by atoms with Crippen LogP contribution in [0.2, 0.25) is 0 Å². The molecule has 19 heavy (non-hydrogen) atoms. The number of aliphatic carboxylic acids is 1. The average molecular weight is 264 g/mol. The summed E-state index contributed by atoms with van der Waals surface area (Å²) >= 11 is 0. The Kier molecular flexibility index (Phi) is 5.97. The molecule has 0 fully saturated rings. The van der Waals surface area contributed by atoms with Crippen LogP contribution in [-0.2, 0) is 4.79 Å². The highest BCUT2D eigenvalue weighted by Gasteiger charge is 2.22. The van der Waals surface area contributed by atoms with Crippen molar-refractivity contribution in [2.45, 2.75) is 25.8 Å². The van der Waals surface area contributed by atoms with Gasteiger partial charge in [-0.3, -0.25) is 9.69 Å². The van der Waals surface area contributed by atoms with Crippen molar-refractivity contribution in [2.75, 3.05) is 13.1 Å². The third-order valence-corrected chi connectivity index (χ3v) is 2.81. The van der Waals surface area contributed by atoms with E-state index in [-0.39, 0.29) is 13.0 Å². The first-order valence-corrected chi connectivity index (χ1v) is 6.20. The quantitative estimate of drug-likeness (QED) is 0.822. The van der Waals surface area contributed by atoms with Crippen LogP contribution in [0.25, 0.3) is 0 Å². The highest BCUT2D eigenvalue weighted by molar-refractivity contribution is 5.66. The van der Waals surface area contributed by atoms with Gasteiger partial charge in [0.05, 0.1) is 12.5 Å². The molecule has 0 radical (unpaired) electrons. The summed E-state index contributed by atoms with van der Waals surface area (Å²) in [7, 11) is 0. The summed E-state index contributed by atoms with van der Waals surface area (Å²) in [6, 6.07) is 7.41. The van der Waals surface area contributed by atoms with E-state index < -0.39 is 17.8 Å². The minimum atomic E-state index is -0.925. The average Bonchev–Trinajstić information content (AvgIpc) is 2.38. The van der Waals surface area contributed by atoms with Crippen molar-refractivity contribution in [3.63, 3.8) is 0 Å². The predicted octanol–water partition coefficient (Wildman–Crippen LogP) is 2.58. The molecule has 0 heterocycles. The first-order valence-electron chi connectivity index (χ1n) is 6.20. The summed E-state index contributed by atoms with van der Waals surface area (Å²) in [4.78, 5) is 12.3. The molecule has 0 aliphatic heterocycles. The van der Waals surface area contributed by atoms with Crippen molar-refractivity contribution in [3.05, 3.63) is 35.6 Å². The largest absolute Gasteiger partial charge is 0.481 e. The minimum absolute atomic E-state index is 0.0629. The van der Waals surface area contributed by atoms with Gasteiger partial charge in [0.1, 0.15) is 11.9 Å². The topological polar surface area (TPSA) is 64.3 Å². The van der Waals surface area contributed by atoms with Crippen LogP contribution in [-0.4, -0.2) is 29.1 Å². The van der Waals surface area contributed by atoms with Crippen LogP contribution in [0.5, 0.6) is 0 Å². The molecule has 0 aromatic heterocycles. The zero-order valence-corrected chi connectivity index (χ0v) is 10.8. The molecule has 0 bridgehead atoms. The number of hydrogen-bond donors (Lipinski definition) is 1. The number of rotatable bonds is 7. The molecule has 1 aromatic carbocycles. The van der Waals surface area contributed by atoms with Gasteiger partial charge in [-0.05, 0) is 19.0 Å². The zero-order chi connectivity index (χ0) is 14.3. The van der Waals surface area contributed by atoms with Gasteiger partial charge in [0.25, 0.3) is 0 Å². The van der Waals surface area contributed by atoms with E-state index in [1.807, 2.05) is 6.92 Å². The SMILES string of the molecule is CCCN(CCC(=O)O)C(C#N)c1ccccc1F. The van der Waals surface area contributed by atoms with Crippen molar-refractivity contribution in [2.24, 2.45) is 0 Å². The Hall–Kier alpha value is -1.93. The summed E-state index contributed by atoms with van der Waals surface area (Å²) in [6.45, 7) is 2.72. The van der Waals surface area contributed by atoms with Crippen LogP contribution in [0, 0.1) is 17.1 Å². The van der Waals surface area contributed by atoms with E-state index >= 15 is 0 Å². The number of hydrogen-bond acceptors (Lipinski definition) is 3. The zero-order valence-electron chi connectivity index (χ0n) is 10.8. The molecular weight excluding hydrogens is 247 g/mol. The Morgan fingerprint density at radius 1 is 1.47 bits per heavy atom. The van der Waals surface area contributed by atoms with Crippen molar-refractivity contribution in [3.8, 4) is 6.07 Å². The number of nitriles is 1. The molecule has 0 aliphatic rings. The number of carbonyl (C=O) groups is 1. The van der Waals surface area contributed by atoms with E-state index in [9.17, 15) is 14.4 Å². The number of halogens is 1. The normalized spacial score (nSPS) is 12.1. The fourth-order valence-corrected chi connectivity index (χ4v) is 1.94. The number of benzene rings is 1. The predicted molar refractivity (Wildman–Crippen MR) is 68.9 cm³/mol. The van der Waals surface area contributed by atoms with Crippen molar-refractivity contribution in [1.82, 2.24) is 4.90 Å². The first-order chi connectivity index (χ1) is 9.10. The van der Waals surface area contributed by atoms with Crippen LogP contribution < -0.4 is 0 Å². The molecule has 0 saturated carbocycles. The van der Waals surface area contributed by atoms with Crippen LogP contribution in [0.3, 0.4) is 0 Å². The summed E-state index contributed by atoms with van der Waals surface area (Å²) in [6.07, 6.45) is 0.707. The first kappa shape index (κ1) is 15.1. The molecule has 0 spiro atoms. The molecule has 1 atom stereocenters. The second-order valence-electron chi connectivity index (χ2n) is 4.23. The Labute approximate surface area is 112 Å². The lowest BCUT2D eigenvalue weighted by Crippen LogP contribution is -2.31. The van der Waals surface area contributed by atoms with Crippen LogP contribution in [0.4, 0.5) is 4.39 Å². The fourth-order valence-electron chi connectivity index (χ4n) is 1.94. The Balaban J connectivity index is 2.93. The van der Waals surface area contributed by atoms with E-state index in [0.29, 0.717) is 12.1 Å². The summed E-state index contributed by atoms with van der Waals surface area (Å²) in [5.74, 6) is -1.36. The third-order valence-electron chi connectivity index (χ3n) is 2.81. The molecule has 0 amide bonds. The molecule has 1 N–H and O–H groups in total. The molecule has 0 saturated heterocycles. The molecule has 102 valence electrons. The fraction of sp³-hybridized carbons (Fsp3) is 0.429. The molecule has 1 unspecified atom stereocenters. The van der Waals surface area contributed by atoms with Crippen molar-refractivity contribution < 1.29 is 14.3 Å². The Morgan fingerprint density at radius 2 is 2.16 bits per heavy atom. The van der Waals surface area contributed by atoms with Gasteiger partial charge in [0.15, 0.2) is 0 Å². The summed E-state index contributed by atoms with van der Waals surface area (Å²) in [5.41, 5.74) is 0.295. The van der Waals surface area contributed by atoms with Crippen LogP contribution in [0.15, 0.2) is 24.3 Å². The van der Waals surface area contributed by atoms with Gasteiger partial charge in [0.2, 0.25) is 0 Å². The van der Waals surface area contributed by atoms with Gasteiger partial charge in [-0.1, -0.05) is 25.1 Å². The molecular formula is C14H17FN2O2. The van der Waals surface area contributed by atoms with Crippen LogP contribution in [0.1, 0.15) is 31.4 Å². The van der Waals surface area contributed by atoms with Gasteiger partial charge >= 0.3 is 5.97 Å². The lowest BCUT2D eigenvalue weighted by atomic mass is 10.1. The molecule has 1 aromatic rings. The molecule has 0 aliphatic carbocycles. The standard InChI is InChI=1S/C14H17FN2O2/c1-2-8-17(9-7-14(18)19)13(10-16)11-5-3-4-6-12(11)15/h3-6,13H,2,7-9H2,1H3,(H,18,19). The van der Waals surface area contributed by atoms with Gasteiger partial charge in [-0.2, -0.15) is 5.26 Å². The summed E-state index contributed by atoms with van der Waals surface area (Å²) < 4.78 is 13.7. The van der Waals surface area contributed by atoms with Gasteiger partial charge in [0, 0.05) is 12.1 Å². The number of carboxylic acids is 1. The van der Waals surface area contributed by atoms with Gasteiger partial charge < -0.3 is 5.11 Å². The lowest BCUT2D eigenvalue weighted by molar-refractivity contribution is -0.137. The van der Waals surface area contributed by atoms with Gasteiger partial charge in [-0.25, -0.2) is 4.39 Å². The number of nitrogens with zero attached hydrogens (tertiary/aromatic N) is 2. The molecule has 5 heteroatoms. The molecule has 1 rings (SSSR count). The highest BCUT2D eigenvalue weighted by atomic mass is 19.1. The smallest absolute Gasteiger partial charge is 0.304 e. The Bertz CT molecular complexity index is 471. The van der Waals surface area contributed by atoms with E-state index in [0.717, 1.165) is 6.42 Å². The van der Waals surface area contributed by atoms with E-state index in [1.165, 1.54) is 6.07 Å². The summed E-state index contributed by atoms with van der Waals surface area (Å²) in [5, 5.41) is 18.0. The second-order valence-corrected chi connectivity index (χ2v) is 4.23. The maximum Gasteiger partial charge on any atom is 0.304 e. The lowest BCUT2D eigenvalue weighted by Gasteiger charge is -2.26. The second kappa shape index (κ2) is 7.49. The highest BCUT2D eigenvalue weighted by Crippen LogP contribution is 2.23. The van der Waals surface area contributed by atoms with E-state index in [2.05, 4.69) is 6.07 Å². The van der Waals surface area contributed by atoms with Crippen LogP contribution >= 0.6 is 0 Å². The maximum atomic E-state index is 13.7. The third kappa shape index (κ3) is 4.34. The van der Waals surface area contributed by atoms with Gasteiger partial charge in [-0.15, -0.1) is 0 Å². The molecule has 4 nitrogen and oxygen atoms in total. The van der Waals surface area contributed by atoms with E-state index in [1.54, 1.807) is 23.1 Å². The van der Waals surface area contributed by atoms with Crippen molar-refractivity contribution >= 4 is 5.97 Å². The Morgan fingerprint density at radius 3 is 2.68 bits per heavy atom.